The van der Waals surface area contributed by atoms with E-state index in [2.05, 4.69) is 10.6 Å². The first kappa shape index (κ1) is 14.9. The third-order valence-corrected chi connectivity index (χ3v) is 2.75. The summed E-state index contributed by atoms with van der Waals surface area (Å²) in [5.74, 6) is -0.231. The molecular formula is C13H19FN2OS. The number of benzene rings is 1. The molecule has 0 spiro atoms. The van der Waals surface area contributed by atoms with Gasteiger partial charge in [0.2, 0.25) is 0 Å². The highest BCUT2D eigenvalue weighted by Crippen LogP contribution is 2.15. The van der Waals surface area contributed by atoms with Crippen LogP contribution in [0.3, 0.4) is 0 Å². The molecule has 2 unspecified atom stereocenters. The molecule has 0 radical (unpaired) electrons. The highest BCUT2D eigenvalue weighted by Gasteiger charge is 2.12. The quantitative estimate of drug-likeness (QED) is 0.805. The summed E-state index contributed by atoms with van der Waals surface area (Å²) in [6.07, 6.45) is 0. The first-order chi connectivity index (χ1) is 8.54. The molecule has 2 N–H and O–H groups in total. The minimum absolute atomic E-state index is 0.114. The van der Waals surface area contributed by atoms with Gasteiger partial charge in [0.1, 0.15) is 5.82 Å². The van der Waals surface area contributed by atoms with Crippen molar-refractivity contribution < 1.29 is 9.13 Å². The Kier molecular flexibility index (Phi) is 6.01. The van der Waals surface area contributed by atoms with E-state index < -0.39 is 0 Å². The maximum Gasteiger partial charge on any atom is 0.167 e. The van der Waals surface area contributed by atoms with E-state index in [1.54, 1.807) is 25.3 Å². The Bertz CT molecular complexity index is 400. The van der Waals surface area contributed by atoms with Gasteiger partial charge in [-0.25, -0.2) is 4.39 Å². The summed E-state index contributed by atoms with van der Waals surface area (Å²) in [4.78, 5) is 0. The summed E-state index contributed by atoms with van der Waals surface area (Å²) in [5.41, 5.74) is 0.598. The van der Waals surface area contributed by atoms with Crippen LogP contribution in [-0.2, 0) is 4.74 Å². The van der Waals surface area contributed by atoms with Crippen LogP contribution in [0.15, 0.2) is 24.3 Å². The summed E-state index contributed by atoms with van der Waals surface area (Å²) in [7, 11) is 1.64. The van der Waals surface area contributed by atoms with Crippen molar-refractivity contribution in [3.8, 4) is 0 Å². The van der Waals surface area contributed by atoms with E-state index in [0.29, 0.717) is 17.3 Å². The van der Waals surface area contributed by atoms with Gasteiger partial charge >= 0.3 is 0 Å². The third kappa shape index (κ3) is 4.58. The molecule has 3 nitrogen and oxygen atoms in total. The molecule has 0 saturated carbocycles. The van der Waals surface area contributed by atoms with E-state index >= 15 is 0 Å². The number of hydrogen-bond acceptors (Lipinski definition) is 2. The monoisotopic (exact) mass is 270 g/mol. The Morgan fingerprint density at radius 2 is 2.00 bits per heavy atom. The van der Waals surface area contributed by atoms with E-state index in [9.17, 15) is 4.39 Å². The maximum atomic E-state index is 13.6. The predicted molar refractivity (Wildman–Crippen MR) is 75.0 cm³/mol. The minimum atomic E-state index is -0.231. The molecule has 2 atom stereocenters. The smallest absolute Gasteiger partial charge is 0.167 e. The van der Waals surface area contributed by atoms with Gasteiger partial charge in [0.25, 0.3) is 0 Å². The molecule has 0 aliphatic carbocycles. The molecule has 100 valence electrons. The van der Waals surface area contributed by atoms with Gasteiger partial charge in [0.15, 0.2) is 5.11 Å². The van der Waals surface area contributed by atoms with Gasteiger partial charge in [-0.1, -0.05) is 18.2 Å². The van der Waals surface area contributed by atoms with Crippen molar-refractivity contribution in [2.45, 2.75) is 25.9 Å². The van der Waals surface area contributed by atoms with Crippen molar-refractivity contribution in [3.63, 3.8) is 0 Å². The molecule has 0 fully saturated rings. The SMILES string of the molecule is COCC(C)NC(=S)NC(C)c1ccccc1F. The fourth-order valence-electron chi connectivity index (χ4n) is 1.66. The van der Waals surface area contributed by atoms with E-state index in [-0.39, 0.29) is 17.9 Å². The molecule has 1 aromatic rings. The first-order valence-corrected chi connectivity index (χ1v) is 6.25. The molecule has 0 aromatic heterocycles. The van der Waals surface area contributed by atoms with Crippen molar-refractivity contribution in [1.29, 1.82) is 0 Å². The fraction of sp³-hybridized carbons (Fsp3) is 0.462. The second-order valence-electron chi connectivity index (χ2n) is 4.22. The normalized spacial score (nSPS) is 13.8. The number of rotatable bonds is 5. The largest absolute Gasteiger partial charge is 0.383 e. The highest BCUT2D eigenvalue weighted by atomic mass is 32.1. The number of hydrogen-bond donors (Lipinski definition) is 2. The lowest BCUT2D eigenvalue weighted by Gasteiger charge is -2.20. The number of methoxy groups -OCH3 is 1. The predicted octanol–water partition coefficient (Wildman–Crippen LogP) is 2.39. The molecule has 0 amide bonds. The highest BCUT2D eigenvalue weighted by molar-refractivity contribution is 7.80. The maximum absolute atomic E-state index is 13.6. The molecule has 0 bridgehead atoms. The van der Waals surface area contributed by atoms with Gasteiger partial charge in [-0.3, -0.25) is 0 Å². The van der Waals surface area contributed by atoms with Crippen molar-refractivity contribution in [1.82, 2.24) is 10.6 Å². The first-order valence-electron chi connectivity index (χ1n) is 5.85. The van der Waals surface area contributed by atoms with Crippen molar-refractivity contribution in [2.75, 3.05) is 13.7 Å². The van der Waals surface area contributed by atoms with Crippen LogP contribution in [0.4, 0.5) is 4.39 Å². The van der Waals surface area contributed by atoms with Crippen molar-refractivity contribution >= 4 is 17.3 Å². The van der Waals surface area contributed by atoms with Gasteiger partial charge in [-0.2, -0.15) is 0 Å². The summed E-state index contributed by atoms with van der Waals surface area (Å²) >= 11 is 5.16. The Hall–Kier alpha value is -1.20. The second-order valence-corrected chi connectivity index (χ2v) is 4.63. The third-order valence-electron chi connectivity index (χ3n) is 2.51. The average Bonchev–Trinajstić information content (AvgIpc) is 2.29. The average molecular weight is 270 g/mol. The lowest BCUT2D eigenvalue weighted by atomic mass is 10.1. The van der Waals surface area contributed by atoms with E-state index in [4.69, 9.17) is 17.0 Å². The second kappa shape index (κ2) is 7.28. The van der Waals surface area contributed by atoms with Crippen molar-refractivity contribution in [3.05, 3.63) is 35.6 Å². The van der Waals surface area contributed by atoms with Crippen LogP contribution < -0.4 is 10.6 Å². The minimum Gasteiger partial charge on any atom is -0.383 e. The standard InChI is InChI=1S/C13H19FN2OS/c1-9(8-17-3)15-13(18)16-10(2)11-6-4-5-7-12(11)14/h4-7,9-10H,8H2,1-3H3,(H2,15,16,18). The molecular weight excluding hydrogens is 251 g/mol. The lowest BCUT2D eigenvalue weighted by molar-refractivity contribution is 0.179. The topological polar surface area (TPSA) is 33.3 Å². The zero-order chi connectivity index (χ0) is 13.5. The Morgan fingerprint density at radius 1 is 1.33 bits per heavy atom. The summed E-state index contributed by atoms with van der Waals surface area (Å²) < 4.78 is 18.6. The summed E-state index contributed by atoms with van der Waals surface area (Å²) in [5, 5.41) is 6.62. The molecule has 0 saturated heterocycles. The van der Waals surface area contributed by atoms with Crippen LogP contribution in [0, 0.1) is 5.82 Å². The van der Waals surface area contributed by atoms with Crippen LogP contribution >= 0.6 is 12.2 Å². The van der Waals surface area contributed by atoms with Gasteiger partial charge in [0.05, 0.1) is 12.6 Å². The van der Waals surface area contributed by atoms with Crippen LogP contribution in [0.1, 0.15) is 25.5 Å². The summed E-state index contributed by atoms with van der Waals surface area (Å²) in [6, 6.07) is 6.60. The fourth-order valence-corrected chi connectivity index (χ4v) is 2.04. The molecule has 0 heterocycles. The molecule has 0 aliphatic rings. The Labute approximate surface area is 113 Å². The van der Waals surface area contributed by atoms with Gasteiger partial charge in [0, 0.05) is 18.7 Å². The number of halogens is 1. The van der Waals surface area contributed by atoms with Crippen LogP contribution in [0.5, 0.6) is 0 Å². The Balaban J connectivity index is 2.52. The number of nitrogens with one attached hydrogen (secondary N) is 2. The summed E-state index contributed by atoms with van der Waals surface area (Å²) in [6.45, 7) is 4.40. The van der Waals surface area contributed by atoms with Crippen LogP contribution in [0.2, 0.25) is 0 Å². The van der Waals surface area contributed by atoms with Gasteiger partial charge in [-0.05, 0) is 32.1 Å². The molecule has 0 aliphatic heterocycles. The van der Waals surface area contributed by atoms with Crippen LogP contribution in [0.25, 0.3) is 0 Å². The number of thiocarbonyl (C=S) groups is 1. The number of ether oxygens (including phenoxy) is 1. The van der Waals surface area contributed by atoms with E-state index in [1.165, 1.54) is 6.07 Å². The zero-order valence-electron chi connectivity index (χ0n) is 10.9. The zero-order valence-corrected chi connectivity index (χ0v) is 11.7. The van der Waals surface area contributed by atoms with Crippen molar-refractivity contribution in [2.24, 2.45) is 0 Å². The molecule has 18 heavy (non-hydrogen) atoms. The van der Waals surface area contributed by atoms with Gasteiger partial charge in [-0.15, -0.1) is 0 Å². The van der Waals surface area contributed by atoms with Gasteiger partial charge < -0.3 is 15.4 Å². The molecule has 5 heteroatoms. The van der Waals surface area contributed by atoms with E-state index in [0.717, 1.165) is 0 Å². The molecule has 1 rings (SSSR count). The van der Waals surface area contributed by atoms with E-state index in [1.807, 2.05) is 13.8 Å². The Morgan fingerprint density at radius 3 is 2.61 bits per heavy atom. The molecule has 1 aromatic carbocycles. The lowest BCUT2D eigenvalue weighted by Crippen LogP contribution is -2.43. The van der Waals surface area contributed by atoms with Crippen LogP contribution in [-0.4, -0.2) is 24.9 Å².